The zero-order valence-electron chi connectivity index (χ0n) is 9.30. The van der Waals surface area contributed by atoms with Crippen LogP contribution in [0.4, 0.5) is 0 Å². The maximum absolute atomic E-state index is 4.58. The molecule has 0 aliphatic rings. The largest absolute Gasteiger partial charge is 0.246 e. The lowest BCUT2D eigenvalue weighted by Gasteiger charge is -2.03. The number of para-hydroxylation sites is 1. The molecule has 17 heavy (non-hydrogen) atoms. The Labute approximate surface area is 98.8 Å². The molecule has 2 heterocycles. The average molecular weight is 221 g/mol. The van der Waals surface area contributed by atoms with Gasteiger partial charge in [-0.15, -0.1) is 6.58 Å². The van der Waals surface area contributed by atoms with E-state index in [1.165, 1.54) is 0 Å². The molecule has 0 aliphatic heterocycles. The van der Waals surface area contributed by atoms with Gasteiger partial charge in [0, 0.05) is 17.2 Å². The number of nitrogens with zero attached hydrogens (tertiary/aromatic N) is 3. The van der Waals surface area contributed by atoms with Crippen molar-refractivity contribution in [3.05, 3.63) is 54.9 Å². The van der Waals surface area contributed by atoms with Crippen LogP contribution >= 0.6 is 0 Å². The predicted molar refractivity (Wildman–Crippen MR) is 68.7 cm³/mol. The maximum atomic E-state index is 4.58. The van der Waals surface area contributed by atoms with Crippen molar-refractivity contribution in [1.29, 1.82) is 0 Å². The minimum absolute atomic E-state index is 0.713. The van der Waals surface area contributed by atoms with Gasteiger partial charge in [0.25, 0.3) is 0 Å². The van der Waals surface area contributed by atoms with Crippen LogP contribution in [0, 0.1) is 0 Å². The van der Waals surface area contributed by atoms with Crippen LogP contribution in [0.15, 0.2) is 49.2 Å². The number of allylic oxidation sites excluding steroid dienone is 1. The summed E-state index contributed by atoms with van der Waals surface area (Å²) in [6, 6.07) is 10.2. The van der Waals surface area contributed by atoms with E-state index in [-0.39, 0.29) is 0 Å². The van der Waals surface area contributed by atoms with Crippen molar-refractivity contribution >= 4 is 21.8 Å². The van der Waals surface area contributed by atoms with Crippen LogP contribution in [0.2, 0.25) is 0 Å². The third kappa shape index (κ3) is 1.65. The molecule has 3 rings (SSSR count). The van der Waals surface area contributed by atoms with Gasteiger partial charge in [-0.05, 0) is 12.1 Å². The third-order valence-corrected chi connectivity index (χ3v) is 2.76. The van der Waals surface area contributed by atoms with Crippen LogP contribution < -0.4 is 0 Å². The van der Waals surface area contributed by atoms with Gasteiger partial charge >= 0.3 is 0 Å². The van der Waals surface area contributed by atoms with Crippen LogP contribution in [0.3, 0.4) is 0 Å². The zero-order chi connectivity index (χ0) is 11.7. The minimum Gasteiger partial charge on any atom is -0.246 e. The topological polar surface area (TPSA) is 38.7 Å². The van der Waals surface area contributed by atoms with E-state index in [1.54, 1.807) is 6.20 Å². The SMILES string of the molecule is C=CCc1nncc2nc3ccccc3cc12. The predicted octanol–water partition coefficient (Wildman–Crippen LogP) is 2.91. The molecule has 3 nitrogen and oxygen atoms in total. The molecule has 3 aromatic rings. The van der Waals surface area contributed by atoms with Crippen LogP contribution in [0.5, 0.6) is 0 Å². The molecule has 0 saturated carbocycles. The van der Waals surface area contributed by atoms with Crippen molar-refractivity contribution < 1.29 is 0 Å². The summed E-state index contributed by atoms with van der Waals surface area (Å²) >= 11 is 0. The van der Waals surface area contributed by atoms with Crippen molar-refractivity contribution in [1.82, 2.24) is 15.2 Å². The summed E-state index contributed by atoms with van der Waals surface area (Å²) in [6.45, 7) is 3.74. The van der Waals surface area contributed by atoms with Gasteiger partial charge in [-0.25, -0.2) is 4.98 Å². The molecule has 0 atom stereocenters. The molecule has 0 saturated heterocycles. The number of rotatable bonds is 2. The molecule has 3 heteroatoms. The quantitative estimate of drug-likeness (QED) is 0.493. The number of pyridine rings is 1. The van der Waals surface area contributed by atoms with Gasteiger partial charge in [-0.2, -0.15) is 10.2 Å². The Hall–Kier alpha value is -2.29. The standard InChI is InChI=1S/C14H11N3/c1-2-5-13-11-8-10-6-3-4-7-12(10)16-14(11)9-15-17-13/h2-4,6-9H,1,5H2. The van der Waals surface area contributed by atoms with Gasteiger partial charge in [0.15, 0.2) is 0 Å². The summed E-state index contributed by atoms with van der Waals surface area (Å²) in [6.07, 6.45) is 4.25. The number of aromatic nitrogens is 3. The molecule has 0 aliphatic carbocycles. The maximum Gasteiger partial charge on any atom is 0.0930 e. The van der Waals surface area contributed by atoms with Gasteiger partial charge in [0.2, 0.25) is 0 Å². The Bertz CT molecular complexity index is 704. The van der Waals surface area contributed by atoms with Gasteiger partial charge in [-0.3, -0.25) is 0 Å². The highest BCUT2D eigenvalue weighted by Crippen LogP contribution is 2.20. The van der Waals surface area contributed by atoms with Crippen molar-refractivity contribution in [2.75, 3.05) is 0 Å². The molecule has 82 valence electrons. The molecular weight excluding hydrogens is 210 g/mol. The summed E-state index contributed by atoms with van der Waals surface area (Å²) in [7, 11) is 0. The Kier molecular flexibility index (Phi) is 2.29. The van der Waals surface area contributed by atoms with Crippen molar-refractivity contribution in [3.8, 4) is 0 Å². The van der Waals surface area contributed by atoms with Crippen molar-refractivity contribution in [2.45, 2.75) is 6.42 Å². The van der Waals surface area contributed by atoms with Crippen LogP contribution in [0.25, 0.3) is 21.8 Å². The first kappa shape index (κ1) is 9.90. The van der Waals surface area contributed by atoms with E-state index in [1.807, 2.05) is 24.3 Å². The fraction of sp³-hybridized carbons (Fsp3) is 0.0714. The molecule has 0 bridgehead atoms. The molecule has 1 aromatic carbocycles. The summed E-state index contributed by atoms with van der Waals surface area (Å²) in [4.78, 5) is 4.58. The van der Waals surface area contributed by atoms with E-state index in [9.17, 15) is 0 Å². The highest BCUT2D eigenvalue weighted by atomic mass is 15.1. The van der Waals surface area contributed by atoms with E-state index in [2.05, 4.69) is 33.9 Å². The van der Waals surface area contributed by atoms with Crippen molar-refractivity contribution in [3.63, 3.8) is 0 Å². The van der Waals surface area contributed by atoms with E-state index >= 15 is 0 Å². The van der Waals surface area contributed by atoms with Crippen LogP contribution in [0.1, 0.15) is 5.69 Å². The van der Waals surface area contributed by atoms with E-state index in [0.29, 0.717) is 6.42 Å². The first-order chi connectivity index (χ1) is 8.38. The second kappa shape index (κ2) is 3.94. The Morgan fingerprint density at radius 2 is 2.06 bits per heavy atom. The highest BCUT2D eigenvalue weighted by molar-refractivity contribution is 5.93. The van der Waals surface area contributed by atoms with Gasteiger partial charge < -0.3 is 0 Å². The minimum atomic E-state index is 0.713. The normalized spacial score (nSPS) is 10.8. The average Bonchev–Trinajstić information content (AvgIpc) is 2.37. The number of hydrogen-bond acceptors (Lipinski definition) is 3. The highest BCUT2D eigenvalue weighted by Gasteiger charge is 2.04. The number of hydrogen-bond donors (Lipinski definition) is 0. The molecule has 0 fully saturated rings. The molecular formula is C14H11N3. The molecule has 2 aromatic heterocycles. The van der Waals surface area contributed by atoms with Crippen LogP contribution in [-0.4, -0.2) is 15.2 Å². The molecule has 0 radical (unpaired) electrons. The van der Waals surface area contributed by atoms with Crippen LogP contribution in [-0.2, 0) is 6.42 Å². The number of benzene rings is 1. The third-order valence-electron chi connectivity index (χ3n) is 2.76. The second-order valence-electron chi connectivity index (χ2n) is 3.90. The van der Waals surface area contributed by atoms with Gasteiger partial charge in [-0.1, -0.05) is 24.3 Å². The lowest BCUT2D eigenvalue weighted by Crippen LogP contribution is -1.94. The Balaban J connectivity index is 2.39. The molecule has 0 amide bonds. The summed E-state index contributed by atoms with van der Waals surface area (Å²) in [5.41, 5.74) is 2.80. The first-order valence-corrected chi connectivity index (χ1v) is 5.49. The fourth-order valence-corrected chi connectivity index (χ4v) is 1.96. The molecule has 0 spiro atoms. The zero-order valence-corrected chi connectivity index (χ0v) is 9.30. The monoisotopic (exact) mass is 221 g/mol. The Morgan fingerprint density at radius 3 is 2.94 bits per heavy atom. The van der Waals surface area contributed by atoms with E-state index in [4.69, 9.17) is 0 Å². The molecule has 0 unspecified atom stereocenters. The second-order valence-corrected chi connectivity index (χ2v) is 3.90. The lowest BCUT2D eigenvalue weighted by atomic mass is 10.1. The van der Waals surface area contributed by atoms with E-state index < -0.39 is 0 Å². The summed E-state index contributed by atoms with van der Waals surface area (Å²) < 4.78 is 0. The Morgan fingerprint density at radius 1 is 1.18 bits per heavy atom. The summed E-state index contributed by atoms with van der Waals surface area (Å²) in [5.74, 6) is 0. The first-order valence-electron chi connectivity index (χ1n) is 5.49. The van der Waals surface area contributed by atoms with Gasteiger partial charge in [0.1, 0.15) is 0 Å². The van der Waals surface area contributed by atoms with Crippen molar-refractivity contribution in [2.24, 2.45) is 0 Å². The molecule has 0 N–H and O–H groups in total. The fourth-order valence-electron chi connectivity index (χ4n) is 1.96. The lowest BCUT2D eigenvalue weighted by molar-refractivity contribution is 0.968. The summed E-state index contributed by atoms with van der Waals surface area (Å²) in [5, 5.41) is 10.3. The van der Waals surface area contributed by atoms with Gasteiger partial charge in [0.05, 0.1) is 22.9 Å². The smallest absolute Gasteiger partial charge is 0.0930 e. The number of fused-ring (bicyclic) bond motifs is 2. The van der Waals surface area contributed by atoms with E-state index in [0.717, 1.165) is 27.5 Å².